The SMILES string of the molecule is CC(C)N1CCCC[C@@H](C)[C@H]1C. The van der Waals surface area contributed by atoms with Gasteiger partial charge in [-0.15, -0.1) is 0 Å². The molecular formula is C11H23N. The molecule has 1 aliphatic heterocycles. The lowest BCUT2D eigenvalue weighted by atomic mass is 9.98. The summed E-state index contributed by atoms with van der Waals surface area (Å²) in [4.78, 5) is 2.65. The maximum Gasteiger partial charge on any atom is 0.00952 e. The molecule has 12 heavy (non-hydrogen) atoms. The van der Waals surface area contributed by atoms with Crippen LogP contribution in [0.25, 0.3) is 0 Å². The monoisotopic (exact) mass is 169 g/mol. The third kappa shape index (κ3) is 2.22. The highest BCUT2D eigenvalue weighted by atomic mass is 15.2. The van der Waals surface area contributed by atoms with E-state index in [9.17, 15) is 0 Å². The van der Waals surface area contributed by atoms with Gasteiger partial charge in [0.2, 0.25) is 0 Å². The van der Waals surface area contributed by atoms with Crippen molar-refractivity contribution in [3.63, 3.8) is 0 Å². The predicted octanol–water partition coefficient (Wildman–Crippen LogP) is 2.91. The van der Waals surface area contributed by atoms with Gasteiger partial charge < -0.3 is 0 Å². The highest BCUT2D eigenvalue weighted by molar-refractivity contribution is 4.78. The van der Waals surface area contributed by atoms with Gasteiger partial charge in [0.25, 0.3) is 0 Å². The first-order valence-electron chi connectivity index (χ1n) is 5.38. The van der Waals surface area contributed by atoms with Crippen LogP contribution in [0.4, 0.5) is 0 Å². The number of rotatable bonds is 1. The number of hydrogen-bond acceptors (Lipinski definition) is 1. The minimum absolute atomic E-state index is 0.723. The summed E-state index contributed by atoms with van der Waals surface area (Å²) < 4.78 is 0. The van der Waals surface area contributed by atoms with Crippen LogP contribution in [0.5, 0.6) is 0 Å². The average Bonchev–Trinajstić information content (AvgIpc) is 2.15. The molecule has 0 aliphatic carbocycles. The summed E-state index contributed by atoms with van der Waals surface area (Å²) in [5.41, 5.74) is 0. The summed E-state index contributed by atoms with van der Waals surface area (Å²) in [5, 5.41) is 0. The molecule has 1 heterocycles. The zero-order chi connectivity index (χ0) is 9.14. The number of nitrogens with zero attached hydrogens (tertiary/aromatic N) is 1. The van der Waals surface area contributed by atoms with Gasteiger partial charge in [-0.2, -0.15) is 0 Å². The summed E-state index contributed by atoms with van der Waals surface area (Å²) >= 11 is 0. The van der Waals surface area contributed by atoms with Crippen molar-refractivity contribution in [3.05, 3.63) is 0 Å². The van der Waals surface area contributed by atoms with E-state index in [1.807, 2.05) is 0 Å². The van der Waals surface area contributed by atoms with Gasteiger partial charge in [-0.25, -0.2) is 0 Å². The second-order valence-electron chi connectivity index (χ2n) is 4.55. The molecule has 0 saturated carbocycles. The molecule has 1 nitrogen and oxygen atoms in total. The van der Waals surface area contributed by atoms with Gasteiger partial charge in [-0.05, 0) is 46.1 Å². The Kier molecular flexibility index (Phi) is 3.57. The fourth-order valence-corrected chi connectivity index (χ4v) is 2.26. The lowest BCUT2D eigenvalue weighted by Gasteiger charge is -2.33. The summed E-state index contributed by atoms with van der Waals surface area (Å²) in [6.45, 7) is 10.7. The lowest BCUT2D eigenvalue weighted by molar-refractivity contribution is 0.138. The molecule has 1 heteroatoms. The molecule has 0 spiro atoms. The van der Waals surface area contributed by atoms with Crippen molar-refractivity contribution in [2.45, 2.75) is 59.0 Å². The Hall–Kier alpha value is -0.0400. The first kappa shape index (κ1) is 10.0. The molecular weight excluding hydrogens is 146 g/mol. The smallest absolute Gasteiger partial charge is 0.00952 e. The molecule has 1 aliphatic rings. The van der Waals surface area contributed by atoms with Crippen LogP contribution in [0.1, 0.15) is 47.0 Å². The highest BCUT2D eigenvalue weighted by Crippen LogP contribution is 2.23. The molecule has 0 amide bonds. The van der Waals surface area contributed by atoms with E-state index in [1.165, 1.54) is 25.8 Å². The molecule has 72 valence electrons. The Morgan fingerprint density at radius 2 is 1.83 bits per heavy atom. The fourth-order valence-electron chi connectivity index (χ4n) is 2.26. The normalized spacial score (nSPS) is 33.8. The van der Waals surface area contributed by atoms with Crippen LogP contribution in [-0.4, -0.2) is 23.5 Å². The third-order valence-corrected chi connectivity index (χ3v) is 3.34. The third-order valence-electron chi connectivity index (χ3n) is 3.34. The lowest BCUT2D eigenvalue weighted by Crippen LogP contribution is -2.41. The number of hydrogen-bond donors (Lipinski definition) is 0. The van der Waals surface area contributed by atoms with Crippen molar-refractivity contribution in [2.24, 2.45) is 5.92 Å². The molecule has 0 radical (unpaired) electrons. The summed E-state index contributed by atoms with van der Waals surface area (Å²) in [6, 6.07) is 1.51. The van der Waals surface area contributed by atoms with E-state index in [2.05, 4.69) is 32.6 Å². The fraction of sp³-hybridized carbons (Fsp3) is 1.00. The Balaban J connectivity index is 2.58. The van der Waals surface area contributed by atoms with Crippen LogP contribution < -0.4 is 0 Å². The van der Waals surface area contributed by atoms with Gasteiger partial charge in [-0.1, -0.05) is 13.3 Å². The highest BCUT2D eigenvalue weighted by Gasteiger charge is 2.24. The molecule has 0 aromatic heterocycles. The Morgan fingerprint density at radius 1 is 1.17 bits per heavy atom. The molecule has 0 unspecified atom stereocenters. The first-order chi connectivity index (χ1) is 5.63. The van der Waals surface area contributed by atoms with Crippen molar-refractivity contribution in [2.75, 3.05) is 6.54 Å². The molecule has 0 bridgehead atoms. The van der Waals surface area contributed by atoms with Gasteiger partial charge in [0.15, 0.2) is 0 Å². The van der Waals surface area contributed by atoms with Crippen molar-refractivity contribution >= 4 is 0 Å². The average molecular weight is 169 g/mol. The second kappa shape index (κ2) is 4.27. The summed E-state index contributed by atoms with van der Waals surface area (Å²) in [6.07, 6.45) is 4.24. The molecule has 2 atom stereocenters. The van der Waals surface area contributed by atoms with Crippen LogP contribution in [-0.2, 0) is 0 Å². The van der Waals surface area contributed by atoms with Crippen molar-refractivity contribution < 1.29 is 0 Å². The van der Waals surface area contributed by atoms with E-state index in [0.29, 0.717) is 0 Å². The molecule has 1 rings (SSSR count). The van der Waals surface area contributed by atoms with Crippen LogP contribution in [0.15, 0.2) is 0 Å². The summed E-state index contributed by atoms with van der Waals surface area (Å²) in [7, 11) is 0. The van der Waals surface area contributed by atoms with Crippen LogP contribution in [0.3, 0.4) is 0 Å². The first-order valence-corrected chi connectivity index (χ1v) is 5.38. The summed E-state index contributed by atoms with van der Waals surface area (Å²) in [5.74, 6) is 0.884. The Labute approximate surface area is 77.1 Å². The number of likely N-dealkylation sites (tertiary alicyclic amines) is 1. The van der Waals surface area contributed by atoms with E-state index >= 15 is 0 Å². The standard InChI is InChI=1S/C11H23N/c1-9(2)12-8-6-5-7-10(3)11(12)4/h9-11H,5-8H2,1-4H3/t10-,11-/m1/s1. The van der Waals surface area contributed by atoms with E-state index in [4.69, 9.17) is 0 Å². The van der Waals surface area contributed by atoms with Crippen molar-refractivity contribution in [1.82, 2.24) is 4.90 Å². The van der Waals surface area contributed by atoms with E-state index in [1.54, 1.807) is 0 Å². The maximum absolute atomic E-state index is 2.65. The second-order valence-corrected chi connectivity index (χ2v) is 4.55. The van der Waals surface area contributed by atoms with Gasteiger partial charge in [0.1, 0.15) is 0 Å². The maximum atomic E-state index is 2.65. The largest absolute Gasteiger partial charge is 0.298 e. The van der Waals surface area contributed by atoms with Gasteiger partial charge in [-0.3, -0.25) is 4.90 Å². The zero-order valence-corrected chi connectivity index (χ0v) is 9.01. The van der Waals surface area contributed by atoms with Gasteiger partial charge in [0, 0.05) is 12.1 Å². The zero-order valence-electron chi connectivity index (χ0n) is 9.01. The predicted molar refractivity (Wildman–Crippen MR) is 54.3 cm³/mol. The molecule has 0 aromatic carbocycles. The topological polar surface area (TPSA) is 3.24 Å². The van der Waals surface area contributed by atoms with Gasteiger partial charge in [0.05, 0.1) is 0 Å². The van der Waals surface area contributed by atoms with Crippen molar-refractivity contribution in [3.8, 4) is 0 Å². The van der Waals surface area contributed by atoms with Crippen LogP contribution in [0.2, 0.25) is 0 Å². The quantitative estimate of drug-likeness (QED) is 0.583. The van der Waals surface area contributed by atoms with E-state index in [0.717, 1.165) is 18.0 Å². The molecule has 0 N–H and O–H groups in total. The minimum atomic E-state index is 0.723. The van der Waals surface area contributed by atoms with E-state index < -0.39 is 0 Å². The Bertz CT molecular complexity index is 131. The minimum Gasteiger partial charge on any atom is -0.298 e. The van der Waals surface area contributed by atoms with Crippen LogP contribution >= 0.6 is 0 Å². The van der Waals surface area contributed by atoms with Crippen LogP contribution in [0, 0.1) is 5.92 Å². The molecule has 0 aromatic rings. The Morgan fingerprint density at radius 3 is 2.42 bits per heavy atom. The molecule has 1 saturated heterocycles. The molecule has 1 fully saturated rings. The van der Waals surface area contributed by atoms with E-state index in [-0.39, 0.29) is 0 Å². The van der Waals surface area contributed by atoms with Gasteiger partial charge >= 0.3 is 0 Å². The van der Waals surface area contributed by atoms with Crippen molar-refractivity contribution in [1.29, 1.82) is 0 Å².